The smallest absolute Gasteiger partial charge is 0.368 e. The Kier molecular flexibility index (Phi) is 5.30. The van der Waals surface area contributed by atoms with Crippen LogP contribution in [0.5, 0.6) is 0 Å². The number of halogens is 3. The molecule has 0 saturated carbocycles. The number of aryl methyl sites for hydroxylation is 1. The molecule has 28 heavy (non-hydrogen) atoms. The zero-order valence-corrected chi connectivity index (χ0v) is 15.5. The summed E-state index contributed by atoms with van der Waals surface area (Å²) < 4.78 is 39.7. The van der Waals surface area contributed by atoms with E-state index in [2.05, 4.69) is 4.98 Å². The van der Waals surface area contributed by atoms with Crippen LogP contribution in [0.4, 0.5) is 24.5 Å². The van der Waals surface area contributed by atoms with E-state index < -0.39 is 12.1 Å². The molecule has 0 aliphatic carbocycles. The lowest BCUT2D eigenvalue weighted by atomic mass is 10.2. The summed E-state index contributed by atoms with van der Waals surface area (Å²) >= 11 is 0. The molecule has 0 bridgehead atoms. The van der Waals surface area contributed by atoms with Gasteiger partial charge in [0, 0.05) is 50.7 Å². The monoisotopic (exact) mass is 395 g/mol. The van der Waals surface area contributed by atoms with Gasteiger partial charge in [0.05, 0.1) is 17.7 Å². The number of benzene rings is 1. The van der Waals surface area contributed by atoms with Gasteiger partial charge < -0.3 is 19.7 Å². The Labute approximate surface area is 159 Å². The molecule has 2 amide bonds. The minimum absolute atomic E-state index is 0.0135. The molecule has 1 fully saturated rings. The number of carbonyl (C=O) groups is 2. The number of hydrogen-bond acceptors (Lipinski definition) is 4. The second kappa shape index (κ2) is 7.53. The molecule has 0 radical (unpaired) electrons. The quantitative estimate of drug-likeness (QED) is 0.866. The third-order valence-corrected chi connectivity index (χ3v) is 4.66. The van der Waals surface area contributed by atoms with Gasteiger partial charge in [0.1, 0.15) is 0 Å². The lowest BCUT2D eigenvalue weighted by Gasteiger charge is -2.36. The van der Waals surface area contributed by atoms with Crippen LogP contribution in [0.25, 0.3) is 5.69 Å². The van der Waals surface area contributed by atoms with Gasteiger partial charge in [-0.05, 0) is 25.1 Å². The number of alkyl halides is 3. The number of aromatic nitrogens is 2. The molecule has 10 heteroatoms. The fourth-order valence-corrected chi connectivity index (χ4v) is 3.11. The minimum atomic E-state index is -4.98. The Morgan fingerprint density at radius 1 is 1.14 bits per heavy atom. The van der Waals surface area contributed by atoms with Gasteiger partial charge in [-0.3, -0.25) is 9.59 Å². The van der Waals surface area contributed by atoms with E-state index in [4.69, 9.17) is 0 Å². The summed E-state index contributed by atoms with van der Waals surface area (Å²) in [4.78, 5) is 30.7. The molecule has 3 rings (SSSR count). The summed E-state index contributed by atoms with van der Waals surface area (Å²) in [5, 5.41) is 1.93. The van der Waals surface area contributed by atoms with E-state index in [-0.39, 0.29) is 11.6 Å². The molecule has 1 aromatic carbocycles. The first kappa shape index (κ1) is 19.7. The average molecular weight is 395 g/mol. The molecule has 2 heterocycles. The molecular formula is C18H20F3N5O2. The van der Waals surface area contributed by atoms with Gasteiger partial charge in [0.25, 0.3) is 0 Å². The number of imidazole rings is 1. The van der Waals surface area contributed by atoms with Crippen LogP contribution in [-0.2, 0) is 9.59 Å². The highest BCUT2D eigenvalue weighted by molar-refractivity contribution is 5.97. The standard InChI is InChI=1S/C18H20F3N5O2/c1-12-10-22-11-26(12)16-9-14(25-7-5-24(6-8-25)13(2)27)3-4-15(16)23-17(28)18(19,20)21/h3-4,9-11H,5-8H2,1-2H3,(H,23,28). The maximum atomic E-state index is 12.7. The predicted molar refractivity (Wildman–Crippen MR) is 97.5 cm³/mol. The van der Waals surface area contributed by atoms with E-state index >= 15 is 0 Å². The highest BCUT2D eigenvalue weighted by atomic mass is 19.4. The summed E-state index contributed by atoms with van der Waals surface area (Å²) in [6.45, 7) is 5.64. The SMILES string of the molecule is CC(=O)N1CCN(c2ccc(NC(=O)C(F)(F)F)c(-n3cncc3C)c2)CC1. The third kappa shape index (κ3) is 4.10. The van der Waals surface area contributed by atoms with Crippen LogP contribution in [0.3, 0.4) is 0 Å². The summed E-state index contributed by atoms with van der Waals surface area (Å²) in [5.74, 6) is -2.02. The molecule has 1 aliphatic rings. The van der Waals surface area contributed by atoms with Gasteiger partial charge in [-0.1, -0.05) is 0 Å². The molecule has 1 aromatic heterocycles. The highest BCUT2D eigenvalue weighted by Crippen LogP contribution is 2.29. The average Bonchev–Trinajstić information content (AvgIpc) is 3.07. The summed E-state index contributed by atoms with van der Waals surface area (Å²) in [6.07, 6.45) is -1.93. The fourth-order valence-electron chi connectivity index (χ4n) is 3.11. The number of hydrogen-bond donors (Lipinski definition) is 1. The van der Waals surface area contributed by atoms with Crippen LogP contribution >= 0.6 is 0 Å². The first-order valence-electron chi connectivity index (χ1n) is 8.69. The lowest BCUT2D eigenvalue weighted by Crippen LogP contribution is -2.48. The molecule has 150 valence electrons. The maximum Gasteiger partial charge on any atom is 0.471 e. The molecule has 0 spiro atoms. The zero-order chi connectivity index (χ0) is 20.5. The van der Waals surface area contributed by atoms with Gasteiger partial charge in [-0.15, -0.1) is 0 Å². The number of piperazine rings is 1. The van der Waals surface area contributed by atoms with E-state index in [1.807, 2.05) is 10.2 Å². The number of amides is 2. The Morgan fingerprint density at radius 3 is 2.36 bits per heavy atom. The molecule has 1 aliphatic heterocycles. The first-order valence-corrected chi connectivity index (χ1v) is 8.69. The van der Waals surface area contributed by atoms with E-state index in [9.17, 15) is 22.8 Å². The maximum absolute atomic E-state index is 12.7. The second-order valence-corrected chi connectivity index (χ2v) is 6.55. The van der Waals surface area contributed by atoms with Crippen LogP contribution in [0.15, 0.2) is 30.7 Å². The van der Waals surface area contributed by atoms with Gasteiger partial charge in [0.15, 0.2) is 0 Å². The number of carbonyl (C=O) groups excluding carboxylic acids is 2. The molecule has 2 aromatic rings. The molecule has 1 N–H and O–H groups in total. The number of rotatable bonds is 3. The Bertz CT molecular complexity index is 886. The number of nitrogens with one attached hydrogen (secondary N) is 1. The normalized spacial score (nSPS) is 14.9. The Hall–Kier alpha value is -3.04. The highest BCUT2D eigenvalue weighted by Gasteiger charge is 2.39. The summed E-state index contributed by atoms with van der Waals surface area (Å²) in [5.41, 5.74) is 1.92. The van der Waals surface area contributed by atoms with Gasteiger partial charge in [-0.25, -0.2) is 4.98 Å². The summed E-state index contributed by atoms with van der Waals surface area (Å²) in [7, 11) is 0. The molecule has 0 unspecified atom stereocenters. The van der Waals surface area contributed by atoms with Crippen LogP contribution in [-0.4, -0.2) is 58.6 Å². The Morgan fingerprint density at radius 2 is 1.82 bits per heavy atom. The van der Waals surface area contributed by atoms with Crippen molar-refractivity contribution < 1.29 is 22.8 Å². The Balaban J connectivity index is 1.92. The van der Waals surface area contributed by atoms with Crippen molar-refractivity contribution in [2.24, 2.45) is 0 Å². The van der Waals surface area contributed by atoms with Crippen molar-refractivity contribution >= 4 is 23.2 Å². The predicted octanol–water partition coefficient (Wildman–Crippen LogP) is 2.35. The first-order chi connectivity index (χ1) is 13.2. The molecular weight excluding hydrogens is 375 g/mol. The van der Waals surface area contributed by atoms with Crippen molar-refractivity contribution in [2.75, 3.05) is 36.4 Å². The van der Waals surface area contributed by atoms with Crippen molar-refractivity contribution in [1.29, 1.82) is 0 Å². The van der Waals surface area contributed by atoms with Crippen LogP contribution in [0.2, 0.25) is 0 Å². The van der Waals surface area contributed by atoms with Crippen molar-refractivity contribution in [3.05, 3.63) is 36.4 Å². The van der Waals surface area contributed by atoms with Crippen LogP contribution < -0.4 is 10.2 Å². The van der Waals surface area contributed by atoms with E-state index in [0.717, 1.165) is 5.69 Å². The van der Waals surface area contributed by atoms with Crippen LogP contribution in [0.1, 0.15) is 12.6 Å². The van der Waals surface area contributed by atoms with E-state index in [1.165, 1.54) is 19.3 Å². The second-order valence-electron chi connectivity index (χ2n) is 6.55. The van der Waals surface area contributed by atoms with Crippen molar-refractivity contribution in [2.45, 2.75) is 20.0 Å². The van der Waals surface area contributed by atoms with E-state index in [0.29, 0.717) is 37.6 Å². The van der Waals surface area contributed by atoms with Crippen molar-refractivity contribution in [1.82, 2.24) is 14.5 Å². The van der Waals surface area contributed by atoms with E-state index in [1.54, 1.807) is 34.7 Å². The number of nitrogens with zero attached hydrogens (tertiary/aromatic N) is 4. The van der Waals surface area contributed by atoms with Crippen LogP contribution in [0, 0.1) is 6.92 Å². The molecule has 0 atom stereocenters. The fraction of sp³-hybridized carbons (Fsp3) is 0.389. The lowest BCUT2D eigenvalue weighted by molar-refractivity contribution is -0.167. The summed E-state index contributed by atoms with van der Waals surface area (Å²) in [6, 6.07) is 4.82. The van der Waals surface area contributed by atoms with Gasteiger partial charge >= 0.3 is 12.1 Å². The molecule has 7 nitrogen and oxygen atoms in total. The topological polar surface area (TPSA) is 70.5 Å². The van der Waals surface area contributed by atoms with Crippen molar-refractivity contribution in [3.63, 3.8) is 0 Å². The minimum Gasteiger partial charge on any atom is -0.368 e. The third-order valence-electron chi connectivity index (χ3n) is 4.66. The number of anilines is 2. The zero-order valence-electron chi connectivity index (χ0n) is 15.5. The largest absolute Gasteiger partial charge is 0.471 e. The molecule has 1 saturated heterocycles. The van der Waals surface area contributed by atoms with Gasteiger partial charge in [0.2, 0.25) is 5.91 Å². The van der Waals surface area contributed by atoms with Gasteiger partial charge in [-0.2, -0.15) is 13.2 Å². The van der Waals surface area contributed by atoms with Crippen molar-refractivity contribution in [3.8, 4) is 5.69 Å².